The lowest BCUT2D eigenvalue weighted by molar-refractivity contribution is 0.0659. The second kappa shape index (κ2) is 8.36. The number of carbonyl (C=O) groups excluding carboxylic acids is 1. The van der Waals surface area contributed by atoms with Crippen LogP contribution in [0, 0.1) is 11.3 Å². The SMILES string of the molecule is CCCCOc1c2n(c(CC#N)cc1=O)NCN(CCOC)C2=O. The number of carbonyl (C=O) groups is 1. The van der Waals surface area contributed by atoms with Crippen LogP contribution in [0.5, 0.6) is 5.75 Å². The summed E-state index contributed by atoms with van der Waals surface area (Å²) in [5, 5.41) is 8.95. The molecule has 1 N–H and O–H groups in total. The average molecular weight is 334 g/mol. The van der Waals surface area contributed by atoms with Crippen molar-refractivity contribution in [2.45, 2.75) is 26.2 Å². The van der Waals surface area contributed by atoms with Crippen molar-refractivity contribution in [3.05, 3.63) is 27.7 Å². The molecule has 8 nitrogen and oxygen atoms in total. The zero-order valence-electron chi connectivity index (χ0n) is 14.0. The molecule has 0 aromatic carbocycles. The number of nitrogens with one attached hydrogen (secondary N) is 1. The molecule has 0 atom stereocenters. The van der Waals surface area contributed by atoms with Gasteiger partial charge in [0.2, 0.25) is 5.43 Å². The summed E-state index contributed by atoms with van der Waals surface area (Å²) >= 11 is 0. The van der Waals surface area contributed by atoms with E-state index in [-0.39, 0.29) is 35.9 Å². The molecular weight excluding hydrogens is 312 g/mol. The van der Waals surface area contributed by atoms with E-state index in [0.717, 1.165) is 12.8 Å². The van der Waals surface area contributed by atoms with Gasteiger partial charge >= 0.3 is 0 Å². The monoisotopic (exact) mass is 334 g/mol. The summed E-state index contributed by atoms with van der Waals surface area (Å²) in [6.45, 7) is 3.43. The molecule has 0 saturated heterocycles. The number of fused-ring (bicyclic) bond motifs is 1. The zero-order valence-corrected chi connectivity index (χ0v) is 14.0. The maximum atomic E-state index is 12.8. The predicted molar refractivity (Wildman–Crippen MR) is 87.6 cm³/mol. The van der Waals surface area contributed by atoms with Crippen LogP contribution in [-0.2, 0) is 11.2 Å². The second-order valence-electron chi connectivity index (χ2n) is 5.43. The number of methoxy groups -OCH3 is 1. The Kier molecular flexibility index (Phi) is 6.21. The number of rotatable bonds is 8. The van der Waals surface area contributed by atoms with Gasteiger partial charge in [0.05, 0.1) is 31.4 Å². The Morgan fingerprint density at radius 1 is 1.38 bits per heavy atom. The molecule has 1 aliphatic heterocycles. The maximum absolute atomic E-state index is 12.8. The molecule has 0 spiro atoms. The number of hydrogen-bond donors (Lipinski definition) is 1. The maximum Gasteiger partial charge on any atom is 0.277 e. The third kappa shape index (κ3) is 3.68. The van der Waals surface area contributed by atoms with Crippen LogP contribution in [0.15, 0.2) is 10.9 Å². The molecule has 1 aromatic heterocycles. The number of ether oxygens (including phenoxy) is 2. The Bertz CT molecular complexity index is 693. The highest BCUT2D eigenvalue weighted by Gasteiger charge is 2.30. The first-order valence-corrected chi connectivity index (χ1v) is 7.94. The largest absolute Gasteiger partial charge is 0.487 e. The Balaban J connectivity index is 2.44. The van der Waals surface area contributed by atoms with Crippen molar-refractivity contribution in [2.24, 2.45) is 0 Å². The molecular formula is C16H22N4O4. The lowest BCUT2D eigenvalue weighted by Gasteiger charge is -2.33. The molecule has 24 heavy (non-hydrogen) atoms. The molecule has 1 amide bonds. The van der Waals surface area contributed by atoms with Crippen LogP contribution in [-0.4, -0.2) is 49.0 Å². The summed E-state index contributed by atoms with van der Waals surface area (Å²) in [5.74, 6) is -0.279. The Morgan fingerprint density at radius 3 is 2.83 bits per heavy atom. The minimum absolute atomic E-state index is 0.0236. The number of pyridine rings is 1. The lowest BCUT2D eigenvalue weighted by Crippen LogP contribution is -2.48. The Labute approximate surface area is 140 Å². The van der Waals surface area contributed by atoms with Crippen LogP contribution in [0.4, 0.5) is 0 Å². The summed E-state index contributed by atoms with van der Waals surface area (Å²) in [6, 6.07) is 3.35. The number of nitriles is 1. The van der Waals surface area contributed by atoms with Crippen LogP contribution in [0.1, 0.15) is 35.9 Å². The van der Waals surface area contributed by atoms with E-state index in [1.807, 2.05) is 13.0 Å². The fourth-order valence-electron chi connectivity index (χ4n) is 2.45. The van der Waals surface area contributed by atoms with Crippen molar-refractivity contribution in [1.29, 1.82) is 5.26 Å². The van der Waals surface area contributed by atoms with E-state index >= 15 is 0 Å². The van der Waals surface area contributed by atoms with E-state index in [1.165, 1.54) is 10.7 Å². The van der Waals surface area contributed by atoms with Gasteiger partial charge in [0.1, 0.15) is 6.67 Å². The minimum atomic E-state index is -0.383. The highest BCUT2D eigenvalue weighted by molar-refractivity contribution is 5.96. The highest BCUT2D eigenvalue weighted by atomic mass is 16.5. The van der Waals surface area contributed by atoms with Crippen LogP contribution < -0.4 is 15.6 Å². The van der Waals surface area contributed by atoms with E-state index in [0.29, 0.717) is 25.5 Å². The van der Waals surface area contributed by atoms with Gasteiger partial charge in [-0.25, -0.2) is 0 Å². The fourth-order valence-corrected chi connectivity index (χ4v) is 2.45. The van der Waals surface area contributed by atoms with Gasteiger partial charge in [-0.3, -0.25) is 14.3 Å². The lowest BCUT2D eigenvalue weighted by atomic mass is 10.2. The minimum Gasteiger partial charge on any atom is -0.487 e. The first-order valence-electron chi connectivity index (χ1n) is 7.94. The van der Waals surface area contributed by atoms with Crippen molar-refractivity contribution in [3.8, 4) is 11.8 Å². The molecule has 130 valence electrons. The summed E-state index contributed by atoms with van der Waals surface area (Å²) in [4.78, 5) is 26.7. The van der Waals surface area contributed by atoms with Gasteiger partial charge in [-0.05, 0) is 6.42 Å². The molecule has 1 aliphatic rings. The molecule has 1 aromatic rings. The topological polar surface area (TPSA) is 96.6 Å². The fraction of sp³-hybridized carbons (Fsp3) is 0.562. The zero-order chi connectivity index (χ0) is 17.5. The van der Waals surface area contributed by atoms with Crippen LogP contribution in [0.2, 0.25) is 0 Å². The van der Waals surface area contributed by atoms with Crippen LogP contribution in [0.3, 0.4) is 0 Å². The van der Waals surface area contributed by atoms with E-state index < -0.39 is 0 Å². The van der Waals surface area contributed by atoms with E-state index in [2.05, 4.69) is 5.43 Å². The van der Waals surface area contributed by atoms with E-state index in [4.69, 9.17) is 14.7 Å². The third-order valence-corrected chi connectivity index (χ3v) is 3.73. The molecule has 0 unspecified atom stereocenters. The van der Waals surface area contributed by atoms with Gasteiger partial charge in [0, 0.05) is 19.7 Å². The van der Waals surface area contributed by atoms with Crippen molar-refractivity contribution >= 4 is 5.91 Å². The third-order valence-electron chi connectivity index (χ3n) is 3.73. The summed E-state index contributed by atoms with van der Waals surface area (Å²) < 4.78 is 12.1. The summed E-state index contributed by atoms with van der Waals surface area (Å²) in [5.41, 5.74) is 3.27. The van der Waals surface area contributed by atoms with E-state index in [9.17, 15) is 9.59 Å². The predicted octanol–water partition coefficient (Wildman–Crippen LogP) is 0.696. The van der Waals surface area contributed by atoms with Crippen molar-refractivity contribution in [2.75, 3.05) is 39.0 Å². The first-order chi connectivity index (χ1) is 11.6. The average Bonchev–Trinajstić information content (AvgIpc) is 2.57. The van der Waals surface area contributed by atoms with Gasteiger partial charge < -0.3 is 19.8 Å². The number of aromatic nitrogens is 1. The number of hydrogen-bond acceptors (Lipinski definition) is 6. The smallest absolute Gasteiger partial charge is 0.277 e. The molecule has 8 heteroatoms. The van der Waals surface area contributed by atoms with Gasteiger partial charge in [-0.2, -0.15) is 5.26 Å². The van der Waals surface area contributed by atoms with Crippen LogP contribution >= 0.6 is 0 Å². The number of unbranched alkanes of at least 4 members (excludes halogenated alkanes) is 1. The Morgan fingerprint density at radius 2 is 2.17 bits per heavy atom. The number of nitrogens with zero attached hydrogens (tertiary/aromatic N) is 3. The van der Waals surface area contributed by atoms with Gasteiger partial charge in [0.25, 0.3) is 5.91 Å². The van der Waals surface area contributed by atoms with Gasteiger partial charge in [-0.1, -0.05) is 13.3 Å². The number of amides is 1. The van der Waals surface area contributed by atoms with Gasteiger partial charge in [-0.15, -0.1) is 0 Å². The molecule has 0 fully saturated rings. The van der Waals surface area contributed by atoms with E-state index in [1.54, 1.807) is 12.0 Å². The Hall–Kier alpha value is -2.53. The van der Waals surface area contributed by atoms with Crippen molar-refractivity contribution in [3.63, 3.8) is 0 Å². The van der Waals surface area contributed by atoms with Crippen molar-refractivity contribution < 1.29 is 14.3 Å². The molecule has 0 bridgehead atoms. The molecule has 2 rings (SSSR count). The molecule has 0 saturated carbocycles. The van der Waals surface area contributed by atoms with Crippen molar-refractivity contribution in [1.82, 2.24) is 9.58 Å². The highest BCUT2D eigenvalue weighted by Crippen LogP contribution is 2.21. The molecule has 0 radical (unpaired) electrons. The normalized spacial score (nSPS) is 13.2. The summed E-state index contributed by atoms with van der Waals surface area (Å²) in [6.07, 6.45) is 1.73. The molecule has 2 heterocycles. The summed E-state index contributed by atoms with van der Waals surface area (Å²) in [7, 11) is 1.56. The first kappa shape index (κ1) is 17.8. The quantitative estimate of drug-likeness (QED) is 0.703. The van der Waals surface area contributed by atoms with Crippen LogP contribution in [0.25, 0.3) is 0 Å². The molecule has 0 aliphatic carbocycles. The standard InChI is InChI=1S/C16H22N4O4/c1-3-4-8-24-15-13(21)10-12(5-6-17)20-14(15)16(22)19(11-18-20)7-9-23-2/h10,18H,3-5,7-9,11H2,1-2H3. The van der Waals surface area contributed by atoms with Gasteiger partial charge in [0.15, 0.2) is 11.4 Å². The second-order valence-corrected chi connectivity index (χ2v) is 5.43.